The molecule has 1 aliphatic rings. The molecule has 5 heteroatoms. The highest BCUT2D eigenvalue weighted by Crippen LogP contribution is 2.34. The summed E-state index contributed by atoms with van der Waals surface area (Å²) >= 11 is 0. The fourth-order valence-corrected chi connectivity index (χ4v) is 2.52. The molecule has 2 N–H and O–H groups in total. The summed E-state index contributed by atoms with van der Waals surface area (Å²) in [4.78, 5) is 11.5. The number of nitrogens with two attached hydrogens (primary N) is 1. The molecular formula is C14H20NO4+. The summed E-state index contributed by atoms with van der Waals surface area (Å²) in [6, 6.07) is 4.07. The van der Waals surface area contributed by atoms with Crippen molar-refractivity contribution in [3.8, 4) is 11.5 Å². The molecule has 5 nitrogen and oxygen atoms in total. The fraction of sp³-hybridized carbons (Fsp3) is 0.500. The Morgan fingerprint density at radius 3 is 2.58 bits per heavy atom. The van der Waals surface area contributed by atoms with Crippen LogP contribution in [-0.4, -0.2) is 33.8 Å². The number of methoxy groups -OCH3 is 3. The maximum atomic E-state index is 11.5. The largest absolute Gasteiger partial charge is 0.493 e. The van der Waals surface area contributed by atoms with Crippen molar-refractivity contribution in [2.45, 2.75) is 18.9 Å². The number of hydrogen-bond donors (Lipinski definition) is 1. The molecule has 1 atom stereocenters. The van der Waals surface area contributed by atoms with Crippen molar-refractivity contribution >= 4 is 5.97 Å². The quantitative estimate of drug-likeness (QED) is 0.803. The number of carbonyl (C=O) groups excluding carboxylic acids is 1. The lowest BCUT2D eigenvalue weighted by molar-refractivity contribution is -0.698. The topological polar surface area (TPSA) is 61.4 Å². The molecule has 1 heterocycles. The molecule has 0 amide bonds. The van der Waals surface area contributed by atoms with Crippen molar-refractivity contribution in [2.75, 3.05) is 27.9 Å². The van der Waals surface area contributed by atoms with Crippen LogP contribution in [0.25, 0.3) is 0 Å². The second-order valence-electron chi connectivity index (χ2n) is 4.57. The van der Waals surface area contributed by atoms with Gasteiger partial charge in [0.05, 0.1) is 27.9 Å². The van der Waals surface area contributed by atoms with E-state index in [1.807, 2.05) is 12.1 Å². The summed E-state index contributed by atoms with van der Waals surface area (Å²) in [5, 5.41) is 2.17. The molecule has 0 radical (unpaired) electrons. The first-order valence-corrected chi connectivity index (χ1v) is 6.34. The first-order chi connectivity index (χ1) is 9.19. The number of ether oxygens (including phenoxy) is 3. The fourth-order valence-electron chi connectivity index (χ4n) is 2.52. The summed E-state index contributed by atoms with van der Waals surface area (Å²) in [6.45, 7) is 0.962. The van der Waals surface area contributed by atoms with Crippen molar-refractivity contribution in [3.05, 3.63) is 23.3 Å². The number of fused-ring (bicyclic) bond motifs is 1. The number of quaternary nitrogens is 1. The molecule has 104 valence electrons. The van der Waals surface area contributed by atoms with Crippen molar-refractivity contribution in [2.24, 2.45) is 0 Å². The molecule has 0 bridgehead atoms. The summed E-state index contributed by atoms with van der Waals surface area (Å²) in [7, 11) is 4.66. The highest BCUT2D eigenvalue weighted by atomic mass is 16.5. The van der Waals surface area contributed by atoms with Crippen LogP contribution in [0.2, 0.25) is 0 Å². The SMILES string of the molecule is COC(=O)C[C@@H]1[NH2+]CCc2cc(OC)c(OC)cc21. The van der Waals surface area contributed by atoms with Crippen LogP contribution >= 0.6 is 0 Å². The van der Waals surface area contributed by atoms with Crippen LogP contribution in [0, 0.1) is 0 Å². The summed E-state index contributed by atoms with van der Waals surface area (Å²) in [6.07, 6.45) is 1.34. The van der Waals surface area contributed by atoms with Crippen molar-refractivity contribution in [1.29, 1.82) is 0 Å². The standard InChI is InChI=1S/C14H19NO4/c1-17-12-6-9-4-5-15-11(8-14(16)19-3)10(9)7-13(12)18-2/h6-7,11,15H,4-5,8H2,1-3H3/p+1/t11-/m0/s1. The summed E-state index contributed by atoms with van der Waals surface area (Å²) < 4.78 is 15.4. The van der Waals surface area contributed by atoms with Crippen LogP contribution in [0.1, 0.15) is 23.6 Å². The lowest BCUT2D eigenvalue weighted by Gasteiger charge is -2.24. The van der Waals surface area contributed by atoms with Crippen molar-refractivity contribution < 1.29 is 24.3 Å². The van der Waals surface area contributed by atoms with Crippen molar-refractivity contribution in [3.63, 3.8) is 0 Å². The number of rotatable bonds is 4. The van der Waals surface area contributed by atoms with Crippen LogP contribution < -0.4 is 14.8 Å². The Morgan fingerprint density at radius 2 is 1.95 bits per heavy atom. The number of hydrogen-bond acceptors (Lipinski definition) is 4. The van der Waals surface area contributed by atoms with E-state index in [9.17, 15) is 4.79 Å². The molecule has 0 unspecified atom stereocenters. The second-order valence-corrected chi connectivity index (χ2v) is 4.57. The number of esters is 1. The second kappa shape index (κ2) is 5.93. The Hall–Kier alpha value is -1.75. The maximum Gasteiger partial charge on any atom is 0.311 e. The molecule has 0 saturated carbocycles. The third kappa shape index (κ3) is 2.81. The van der Waals surface area contributed by atoms with Gasteiger partial charge in [0.15, 0.2) is 11.5 Å². The number of carbonyl (C=O) groups is 1. The summed E-state index contributed by atoms with van der Waals surface area (Å²) in [5.41, 5.74) is 2.35. The molecule has 1 aromatic carbocycles. The molecule has 0 aliphatic carbocycles. The maximum absolute atomic E-state index is 11.5. The lowest BCUT2D eigenvalue weighted by atomic mass is 9.92. The Balaban J connectivity index is 2.34. The van der Waals surface area contributed by atoms with E-state index in [1.165, 1.54) is 12.7 Å². The van der Waals surface area contributed by atoms with E-state index in [2.05, 4.69) is 5.32 Å². The zero-order valence-electron chi connectivity index (χ0n) is 11.6. The molecule has 0 spiro atoms. The highest BCUT2D eigenvalue weighted by molar-refractivity contribution is 5.70. The van der Waals surface area contributed by atoms with Crippen LogP contribution in [0.3, 0.4) is 0 Å². The average molecular weight is 266 g/mol. The van der Waals surface area contributed by atoms with E-state index >= 15 is 0 Å². The van der Waals surface area contributed by atoms with Crippen LogP contribution in [0.15, 0.2) is 12.1 Å². The zero-order valence-corrected chi connectivity index (χ0v) is 11.6. The Labute approximate surface area is 112 Å². The van der Waals surface area contributed by atoms with Gasteiger partial charge in [-0.1, -0.05) is 0 Å². The minimum absolute atomic E-state index is 0.0935. The average Bonchev–Trinajstić information content (AvgIpc) is 2.45. The third-order valence-electron chi connectivity index (χ3n) is 3.52. The molecule has 2 rings (SSSR count). The molecule has 0 aromatic heterocycles. The van der Waals surface area contributed by atoms with Crippen molar-refractivity contribution in [1.82, 2.24) is 0 Å². The van der Waals surface area contributed by atoms with Gasteiger partial charge in [-0.2, -0.15) is 0 Å². The predicted octanol–water partition coefficient (Wildman–Crippen LogP) is 0.427. The van der Waals surface area contributed by atoms with E-state index < -0.39 is 0 Å². The van der Waals surface area contributed by atoms with Gasteiger partial charge in [-0.3, -0.25) is 4.79 Å². The molecule has 0 saturated heterocycles. The minimum atomic E-state index is -0.191. The van der Waals surface area contributed by atoms with Crippen LogP contribution in [-0.2, 0) is 16.0 Å². The van der Waals surface area contributed by atoms with E-state index in [-0.39, 0.29) is 12.0 Å². The van der Waals surface area contributed by atoms with Gasteiger partial charge in [0, 0.05) is 12.0 Å². The van der Waals surface area contributed by atoms with Crippen LogP contribution in [0.5, 0.6) is 11.5 Å². The number of benzene rings is 1. The van der Waals surface area contributed by atoms with E-state index in [4.69, 9.17) is 14.2 Å². The molecule has 0 fully saturated rings. The van der Waals surface area contributed by atoms with Gasteiger partial charge in [-0.05, 0) is 17.7 Å². The molecular weight excluding hydrogens is 246 g/mol. The highest BCUT2D eigenvalue weighted by Gasteiger charge is 2.27. The van der Waals surface area contributed by atoms with Gasteiger partial charge in [-0.15, -0.1) is 0 Å². The van der Waals surface area contributed by atoms with Gasteiger partial charge in [0.2, 0.25) is 0 Å². The Bertz CT molecular complexity index is 473. The first-order valence-electron chi connectivity index (χ1n) is 6.34. The summed E-state index contributed by atoms with van der Waals surface area (Å²) in [5.74, 6) is 1.25. The Kier molecular flexibility index (Phi) is 4.27. The normalized spacial score (nSPS) is 17.5. The molecule has 19 heavy (non-hydrogen) atoms. The smallest absolute Gasteiger partial charge is 0.311 e. The van der Waals surface area contributed by atoms with E-state index in [0.29, 0.717) is 12.2 Å². The molecule has 1 aliphatic heterocycles. The van der Waals surface area contributed by atoms with E-state index in [0.717, 1.165) is 24.3 Å². The van der Waals surface area contributed by atoms with Gasteiger partial charge in [0.1, 0.15) is 12.5 Å². The lowest BCUT2D eigenvalue weighted by Crippen LogP contribution is -2.87. The van der Waals surface area contributed by atoms with Gasteiger partial charge >= 0.3 is 5.97 Å². The first kappa shape index (κ1) is 13.7. The third-order valence-corrected chi connectivity index (χ3v) is 3.52. The zero-order chi connectivity index (χ0) is 13.8. The Morgan fingerprint density at radius 1 is 1.26 bits per heavy atom. The van der Waals surface area contributed by atoms with Gasteiger partial charge in [0.25, 0.3) is 0 Å². The van der Waals surface area contributed by atoms with Gasteiger partial charge < -0.3 is 19.5 Å². The van der Waals surface area contributed by atoms with Gasteiger partial charge in [-0.25, -0.2) is 0 Å². The molecule has 1 aromatic rings. The minimum Gasteiger partial charge on any atom is -0.493 e. The monoisotopic (exact) mass is 266 g/mol. The van der Waals surface area contributed by atoms with E-state index in [1.54, 1.807) is 14.2 Å². The predicted molar refractivity (Wildman–Crippen MR) is 69.4 cm³/mol. The van der Waals surface area contributed by atoms with Crippen LogP contribution in [0.4, 0.5) is 0 Å².